The summed E-state index contributed by atoms with van der Waals surface area (Å²) in [6.45, 7) is 5.95. The molecule has 4 aliphatic rings. The zero-order valence-electron chi connectivity index (χ0n) is 12.3. The van der Waals surface area contributed by atoms with Crippen molar-refractivity contribution in [2.24, 2.45) is 29.6 Å². The third kappa shape index (κ3) is 2.76. The molecule has 0 aromatic heterocycles. The summed E-state index contributed by atoms with van der Waals surface area (Å²) in [5.41, 5.74) is 0. The number of hydrogen-bond acceptors (Lipinski definition) is 1. The quantitative estimate of drug-likeness (QED) is 0.695. The molecule has 0 aromatic rings. The maximum absolute atomic E-state index is 3.94. The Morgan fingerprint density at radius 3 is 2.06 bits per heavy atom. The van der Waals surface area contributed by atoms with Crippen LogP contribution in [0, 0.1) is 29.6 Å². The van der Waals surface area contributed by atoms with Crippen LogP contribution in [0.1, 0.15) is 65.2 Å². The van der Waals surface area contributed by atoms with Crippen molar-refractivity contribution in [2.75, 3.05) is 6.54 Å². The van der Waals surface area contributed by atoms with E-state index in [0.29, 0.717) is 0 Å². The second-order valence-electron chi connectivity index (χ2n) is 7.80. The first-order valence-corrected chi connectivity index (χ1v) is 8.45. The van der Waals surface area contributed by atoms with Crippen molar-refractivity contribution in [1.29, 1.82) is 0 Å². The number of rotatable bonds is 6. The van der Waals surface area contributed by atoms with E-state index < -0.39 is 0 Å². The highest BCUT2D eigenvalue weighted by molar-refractivity contribution is 5.01. The highest BCUT2D eigenvalue weighted by Crippen LogP contribution is 2.53. The van der Waals surface area contributed by atoms with Crippen LogP contribution in [0.3, 0.4) is 0 Å². The van der Waals surface area contributed by atoms with E-state index in [4.69, 9.17) is 0 Å². The molecule has 0 aliphatic heterocycles. The molecule has 0 atom stereocenters. The van der Waals surface area contributed by atoms with Crippen LogP contribution < -0.4 is 5.32 Å². The van der Waals surface area contributed by atoms with Crippen molar-refractivity contribution in [3.8, 4) is 0 Å². The standard InChI is InChI=1S/C17H31N/c1-12(2)5-3-4-6-18-17-15-8-13-7-14(10-15)11-16(17)9-13/h12-18H,3-11H2,1-2H3. The van der Waals surface area contributed by atoms with E-state index in [9.17, 15) is 0 Å². The van der Waals surface area contributed by atoms with Crippen molar-refractivity contribution in [3.05, 3.63) is 0 Å². The fraction of sp³-hybridized carbons (Fsp3) is 1.00. The minimum Gasteiger partial charge on any atom is -0.313 e. The Morgan fingerprint density at radius 1 is 0.889 bits per heavy atom. The predicted molar refractivity (Wildman–Crippen MR) is 77.5 cm³/mol. The first kappa shape index (κ1) is 13.0. The lowest BCUT2D eigenvalue weighted by atomic mass is 9.54. The molecule has 104 valence electrons. The zero-order chi connectivity index (χ0) is 12.5. The van der Waals surface area contributed by atoms with Crippen LogP contribution in [0.2, 0.25) is 0 Å². The molecule has 1 heteroatoms. The third-order valence-electron chi connectivity index (χ3n) is 5.82. The summed E-state index contributed by atoms with van der Waals surface area (Å²) in [6.07, 6.45) is 12.0. The molecule has 0 amide bonds. The molecule has 4 aliphatic carbocycles. The van der Waals surface area contributed by atoms with E-state index in [2.05, 4.69) is 19.2 Å². The molecule has 0 heterocycles. The summed E-state index contributed by atoms with van der Waals surface area (Å²) >= 11 is 0. The molecule has 0 radical (unpaired) electrons. The van der Waals surface area contributed by atoms with Crippen LogP contribution in [0.25, 0.3) is 0 Å². The van der Waals surface area contributed by atoms with Crippen LogP contribution in [-0.4, -0.2) is 12.6 Å². The van der Waals surface area contributed by atoms with Gasteiger partial charge in [-0.05, 0) is 74.7 Å². The minimum atomic E-state index is 0.881. The fourth-order valence-corrected chi connectivity index (χ4v) is 5.20. The first-order chi connectivity index (χ1) is 8.72. The lowest BCUT2D eigenvalue weighted by Crippen LogP contribution is -2.54. The van der Waals surface area contributed by atoms with E-state index >= 15 is 0 Å². The van der Waals surface area contributed by atoms with Crippen molar-refractivity contribution in [1.82, 2.24) is 5.32 Å². The summed E-state index contributed by atoms with van der Waals surface area (Å²) in [4.78, 5) is 0. The first-order valence-electron chi connectivity index (χ1n) is 8.45. The summed E-state index contributed by atoms with van der Waals surface area (Å²) in [6, 6.07) is 0.900. The van der Waals surface area contributed by atoms with Gasteiger partial charge in [0, 0.05) is 6.04 Å². The van der Waals surface area contributed by atoms with Crippen molar-refractivity contribution in [2.45, 2.75) is 71.3 Å². The number of unbranched alkanes of at least 4 members (excludes halogenated alkanes) is 1. The molecule has 0 saturated heterocycles. The highest BCUT2D eigenvalue weighted by Gasteiger charge is 2.47. The Morgan fingerprint density at radius 2 is 1.50 bits per heavy atom. The van der Waals surface area contributed by atoms with Gasteiger partial charge in [0.2, 0.25) is 0 Å². The molecule has 0 unspecified atom stereocenters. The maximum atomic E-state index is 3.94. The van der Waals surface area contributed by atoms with Crippen LogP contribution in [0.15, 0.2) is 0 Å². The average molecular weight is 249 g/mol. The van der Waals surface area contributed by atoms with Crippen LogP contribution in [-0.2, 0) is 0 Å². The Labute approximate surface area is 113 Å². The Hall–Kier alpha value is -0.0400. The van der Waals surface area contributed by atoms with E-state index in [0.717, 1.165) is 35.6 Å². The smallest absolute Gasteiger partial charge is 0.0124 e. The van der Waals surface area contributed by atoms with Gasteiger partial charge in [-0.3, -0.25) is 0 Å². The SMILES string of the molecule is CC(C)CCCCNC1C2CC3CC(C2)CC1C3. The second-order valence-corrected chi connectivity index (χ2v) is 7.80. The molecule has 0 aromatic carbocycles. The van der Waals surface area contributed by atoms with Gasteiger partial charge in [0.25, 0.3) is 0 Å². The van der Waals surface area contributed by atoms with E-state index in [-0.39, 0.29) is 0 Å². The Bertz CT molecular complexity index is 243. The predicted octanol–water partition coefficient (Wildman–Crippen LogP) is 4.23. The Kier molecular flexibility index (Phi) is 3.98. The zero-order valence-corrected chi connectivity index (χ0v) is 12.3. The van der Waals surface area contributed by atoms with Crippen LogP contribution >= 0.6 is 0 Å². The number of nitrogens with one attached hydrogen (secondary N) is 1. The van der Waals surface area contributed by atoms with Crippen LogP contribution in [0.4, 0.5) is 0 Å². The summed E-state index contributed by atoms with van der Waals surface area (Å²) in [5.74, 6) is 5.21. The van der Waals surface area contributed by atoms with Crippen molar-refractivity contribution < 1.29 is 0 Å². The molecule has 1 nitrogen and oxygen atoms in total. The molecule has 4 saturated carbocycles. The summed E-state index contributed by atoms with van der Waals surface area (Å²) < 4.78 is 0. The second kappa shape index (κ2) is 5.53. The summed E-state index contributed by atoms with van der Waals surface area (Å²) in [7, 11) is 0. The van der Waals surface area contributed by atoms with Gasteiger partial charge < -0.3 is 5.32 Å². The number of hydrogen-bond donors (Lipinski definition) is 1. The average Bonchev–Trinajstić information content (AvgIpc) is 2.30. The van der Waals surface area contributed by atoms with Gasteiger partial charge in [-0.25, -0.2) is 0 Å². The molecular formula is C17H31N. The summed E-state index contributed by atoms with van der Waals surface area (Å²) in [5, 5.41) is 3.94. The largest absolute Gasteiger partial charge is 0.313 e. The monoisotopic (exact) mass is 249 g/mol. The lowest BCUT2D eigenvalue weighted by Gasteiger charge is -2.54. The third-order valence-corrected chi connectivity index (χ3v) is 5.82. The van der Waals surface area contributed by atoms with Gasteiger partial charge in [0.1, 0.15) is 0 Å². The van der Waals surface area contributed by atoms with Gasteiger partial charge in [0.15, 0.2) is 0 Å². The lowest BCUT2D eigenvalue weighted by molar-refractivity contribution is -0.0136. The molecule has 18 heavy (non-hydrogen) atoms. The topological polar surface area (TPSA) is 12.0 Å². The van der Waals surface area contributed by atoms with E-state index in [1.165, 1.54) is 25.8 Å². The molecular weight excluding hydrogens is 218 g/mol. The van der Waals surface area contributed by atoms with Gasteiger partial charge in [0.05, 0.1) is 0 Å². The normalized spacial score (nSPS) is 41.8. The maximum Gasteiger partial charge on any atom is 0.0124 e. The van der Waals surface area contributed by atoms with Gasteiger partial charge in [-0.15, -0.1) is 0 Å². The van der Waals surface area contributed by atoms with Crippen molar-refractivity contribution >= 4 is 0 Å². The van der Waals surface area contributed by atoms with E-state index in [1.54, 1.807) is 32.1 Å². The highest BCUT2D eigenvalue weighted by atomic mass is 14.9. The van der Waals surface area contributed by atoms with Gasteiger partial charge >= 0.3 is 0 Å². The Balaban J connectivity index is 1.41. The minimum absolute atomic E-state index is 0.881. The van der Waals surface area contributed by atoms with Crippen LogP contribution in [0.5, 0.6) is 0 Å². The fourth-order valence-electron chi connectivity index (χ4n) is 5.20. The molecule has 4 fully saturated rings. The van der Waals surface area contributed by atoms with Crippen molar-refractivity contribution in [3.63, 3.8) is 0 Å². The van der Waals surface area contributed by atoms with Gasteiger partial charge in [-0.2, -0.15) is 0 Å². The molecule has 0 spiro atoms. The molecule has 1 N–H and O–H groups in total. The molecule has 4 rings (SSSR count). The molecule has 4 bridgehead atoms. The van der Waals surface area contributed by atoms with E-state index in [1.807, 2.05) is 0 Å². The van der Waals surface area contributed by atoms with Gasteiger partial charge in [-0.1, -0.05) is 26.7 Å².